The first-order valence-corrected chi connectivity index (χ1v) is 14.0. The van der Waals surface area contributed by atoms with Crippen LogP contribution in [0.5, 0.6) is 0 Å². The fourth-order valence-electron chi connectivity index (χ4n) is 4.42. The highest BCUT2D eigenvalue weighted by atomic mass is 32.2. The molecule has 0 fully saturated rings. The normalized spacial score (nSPS) is 13.4. The summed E-state index contributed by atoms with van der Waals surface area (Å²) in [7, 11) is -3.92. The number of nitrogens with zero attached hydrogens (tertiary/aromatic N) is 1. The van der Waals surface area contributed by atoms with Gasteiger partial charge in [0.15, 0.2) is 0 Å². The summed E-state index contributed by atoms with van der Waals surface area (Å²) in [4.78, 5) is 11.2. The van der Waals surface area contributed by atoms with Crippen LogP contribution in [0.4, 0.5) is 0 Å². The summed E-state index contributed by atoms with van der Waals surface area (Å²) in [5, 5.41) is 29.4. The van der Waals surface area contributed by atoms with Crippen molar-refractivity contribution in [3.63, 3.8) is 0 Å². The van der Waals surface area contributed by atoms with E-state index in [1.165, 1.54) is 6.08 Å². The molecule has 0 saturated heterocycles. The molecular weight excluding hydrogens is 514 g/mol. The zero-order chi connectivity index (χ0) is 28.0. The fourth-order valence-corrected chi connectivity index (χ4v) is 5.93. The Morgan fingerprint density at radius 1 is 0.923 bits per heavy atom. The highest BCUT2D eigenvalue weighted by Gasteiger charge is 2.27. The van der Waals surface area contributed by atoms with E-state index in [1.54, 1.807) is 41.1 Å². The zero-order valence-corrected chi connectivity index (χ0v) is 22.3. The second-order valence-electron chi connectivity index (χ2n) is 9.46. The molecule has 202 valence electrons. The number of carboxylic acid groups (broad SMARTS) is 1. The van der Waals surface area contributed by atoms with Crippen molar-refractivity contribution < 1.29 is 28.5 Å². The third kappa shape index (κ3) is 6.92. The second-order valence-corrected chi connectivity index (χ2v) is 11.4. The van der Waals surface area contributed by atoms with Gasteiger partial charge in [-0.15, -0.1) is 0 Å². The quantitative estimate of drug-likeness (QED) is 0.246. The summed E-state index contributed by atoms with van der Waals surface area (Å²) in [6.07, 6.45) is 0.427. The van der Waals surface area contributed by atoms with Crippen molar-refractivity contribution in [2.75, 3.05) is 0 Å². The van der Waals surface area contributed by atoms with Gasteiger partial charge in [-0.05, 0) is 42.3 Å². The van der Waals surface area contributed by atoms with Crippen LogP contribution in [0.1, 0.15) is 29.7 Å². The molecule has 3 N–H and O–H groups in total. The molecule has 0 aliphatic carbocycles. The standard InChI is InChI=1S/C31H31NO6S/c1-22-12-14-28(15-13-22)39(37,38)29-19-25(18-23-8-4-2-5-9-23)32(31(29)24-10-6-3-7-11-24)17-16-26(33)20-27(34)21-30(35)36/h2-17,19,26-27,33-34H,18,20-21H2,1H3,(H,35,36)/b17-16+/t26-,27-/m1/s1. The molecule has 3 aromatic carbocycles. The van der Waals surface area contributed by atoms with E-state index in [4.69, 9.17) is 5.11 Å². The highest BCUT2D eigenvalue weighted by Crippen LogP contribution is 2.36. The average Bonchev–Trinajstić information content (AvgIpc) is 3.27. The Kier molecular flexibility index (Phi) is 8.81. The lowest BCUT2D eigenvalue weighted by molar-refractivity contribution is -0.139. The lowest BCUT2D eigenvalue weighted by Crippen LogP contribution is -2.19. The van der Waals surface area contributed by atoms with Crippen molar-refractivity contribution in [3.8, 4) is 11.3 Å². The van der Waals surface area contributed by atoms with Gasteiger partial charge >= 0.3 is 5.97 Å². The molecule has 0 spiro atoms. The summed E-state index contributed by atoms with van der Waals surface area (Å²) in [5.74, 6) is -1.16. The first-order chi connectivity index (χ1) is 18.6. The summed E-state index contributed by atoms with van der Waals surface area (Å²) < 4.78 is 29.7. The van der Waals surface area contributed by atoms with Crippen molar-refractivity contribution in [2.45, 2.75) is 48.2 Å². The van der Waals surface area contributed by atoms with Crippen LogP contribution in [-0.4, -0.2) is 46.5 Å². The molecule has 0 aliphatic rings. The van der Waals surface area contributed by atoms with Crippen molar-refractivity contribution >= 4 is 22.0 Å². The number of benzene rings is 3. The second kappa shape index (κ2) is 12.3. The van der Waals surface area contributed by atoms with Gasteiger partial charge in [-0.2, -0.15) is 0 Å². The number of hydrogen-bond donors (Lipinski definition) is 3. The molecule has 0 bridgehead atoms. The van der Waals surface area contributed by atoms with E-state index in [1.807, 2.05) is 67.6 Å². The third-order valence-corrected chi connectivity index (χ3v) is 8.14. The van der Waals surface area contributed by atoms with Crippen LogP contribution in [-0.2, 0) is 21.1 Å². The number of sulfone groups is 1. The smallest absolute Gasteiger partial charge is 0.305 e. The molecule has 0 aliphatic heterocycles. The summed E-state index contributed by atoms with van der Waals surface area (Å²) in [6, 6.07) is 27.2. The molecule has 4 aromatic rings. The minimum Gasteiger partial charge on any atom is -0.481 e. The maximum atomic E-state index is 14.0. The minimum atomic E-state index is -3.92. The summed E-state index contributed by atoms with van der Waals surface area (Å²) in [6.45, 7) is 1.89. The monoisotopic (exact) mass is 545 g/mol. The SMILES string of the molecule is Cc1ccc(S(=O)(=O)c2cc(Cc3ccccc3)n(/C=C/[C@@H](O)C[C@@H](O)CC(=O)O)c2-c2ccccc2)cc1. The molecule has 39 heavy (non-hydrogen) atoms. The largest absolute Gasteiger partial charge is 0.481 e. The van der Waals surface area contributed by atoms with Crippen LogP contribution in [0, 0.1) is 6.92 Å². The van der Waals surface area contributed by atoms with E-state index < -0.39 is 34.4 Å². The molecule has 0 unspecified atom stereocenters. The number of aromatic nitrogens is 1. The number of aliphatic carboxylic acids is 1. The molecule has 0 amide bonds. The molecule has 7 nitrogen and oxygen atoms in total. The van der Waals surface area contributed by atoms with Gasteiger partial charge in [0, 0.05) is 24.7 Å². The molecule has 1 heterocycles. The van der Waals surface area contributed by atoms with Gasteiger partial charge in [-0.25, -0.2) is 8.42 Å². The lowest BCUT2D eigenvalue weighted by Gasteiger charge is -2.14. The van der Waals surface area contributed by atoms with Crippen LogP contribution in [0.15, 0.2) is 107 Å². The Morgan fingerprint density at radius 3 is 2.15 bits per heavy atom. The number of rotatable bonds is 11. The van der Waals surface area contributed by atoms with E-state index in [-0.39, 0.29) is 16.2 Å². The van der Waals surface area contributed by atoms with Gasteiger partial charge in [-0.1, -0.05) is 78.4 Å². The number of carbonyl (C=O) groups is 1. The van der Waals surface area contributed by atoms with Crippen molar-refractivity contribution in [3.05, 3.63) is 114 Å². The predicted molar refractivity (Wildman–Crippen MR) is 150 cm³/mol. The zero-order valence-electron chi connectivity index (χ0n) is 21.5. The van der Waals surface area contributed by atoms with Crippen LogP contribution in [0.2, 0.25) is 0 Å². The Morgan fingerprint density at radius 2 is 1.54 bits per heavy atom. The number of aliphatic hydroxyl groups is 2. The van der Waals surface area contributed by atoms with Gasteiger partial charge in [0.05, 0.1) is 34.1 Å². The fraction of sp³-hybridized carbons (Fsp3) is 0.194. The Labute approximate surface area is 228 Å². The van der Waals surface area contributed by atoms with Crippen LogP contribution >= 0.6 is 0 Å². The van der Waals surface area contributed by atoms with E-state index in [0.717, 1.165) is 11.1 Å². The van der Waals surface area contributed by atoms with E-state index in [2.05, 4.69) is 0 Å². The molecular formula is C31H31NO6S. The Bertz CT molecular complexity index is 1540. The Balaban J connectivity index is 1.87. The highest BCUT2D eigenvalue weighted by molar-refractivity contribution is 7.91. The van der Waals surface area contributed by atoms with Gasteiger partial charge in [-0.3, -0.25) is 4.79 Å². The van der Waals surface area contributed by atoms with Gasteiger partial charge < -0.3 is 19.9 Å². The first kappa shape index (κ1) is 28.0. The van der Waals surface area contributed by atoms with Crippen molar-refractivity contribution in [2.24, 2.45) is 0 Å². The average molecular weight is 546 g/mol. The minimum absolute atomic E-state index is 0.133. The molecule has 0 saturated carbocycles. The molecule has 0 radical (unpaired) electrons. The molecule has 2 atom stereocenters. The maximum absolute atomic E-state index is 14.0. The van der Waals surface area contributed by atoms with Crippen LogP contribution in [0.3, 0.4) is 0 Å². The van der Waals surface area contributed by atoms with Crippen molar-refractivity contribution in [1.82, 2.24) is 4.57 Å². The van der Waals surface area contributed by atoms with E-state index >= 15 is 0 Å². The lowest BCUT2D eigenvalue weighted by atomic mass is 10.1. The topological polar surface area (TPSA) is 117 Å². The number of aliphatic hydroxyl groups excluding tert-OH is 2. The number of aryl methyl sites for hydroxylation is 1. The molecule has 4 rings (SSSR count). The van der Waals surface area contributed by atoms with E-state index in [9.17, 15) is 23.4 Å². The molecule has 8 heteroatoms. The van der Waals surface area contributed by atoms with E-state index in [0.29, 0.717) is 23.4 Å². The summed E-state index contributed by atoms with van der Waals surface area (Å²) >= 11 is 0. The first-order valence-electron chi connectivity index (χ1n) is 12.6. The third-order valence-electron chi connectivity index (χ3n) is 6.36. The maximum Gasteiger partial charge on any atom is 0.305 e. The van der Waals surface area contributed by atoms with Crippen molar-refractivity contribution in [1.29, 1.82) is 0 Å². The Hall–Kier alpha value is -3.98. The van der Waals surface area contributed by atoms with Crippen LogP contribution < -0.4 is 0 Å². The summed E-state index contributed by atoms with van der Waals surface area (Å²) in [5.41, 5.74) is 3.71. The number of hydrogen-bond acceptors (Lipinski definition) is 5. The number of carboxylic acids is 1. The molecule has 1 aromatic heterocycles. The van der Waals surface area contributed by atoms with Crippen LogP contribution in [0.25, 0.3) is 17.5 Å². The van der Waals surface area contributed by atoms with Gasteiger partial charge in [0.2, 0.25) is 9.84 Å². The predicted octanol–water partition coefficient (Wildman–Crippen LogP) is 4.94. The van der Waals surface area contributed by atoms with Gasteiger partial charge in [0.25, 0.3) is 0 Å². The van der Waals surface area contributed by atoms with Gasteiger partial charge in [0.1, 0.15) is 0 Å².